The minimum atomic E-state index is -3.79. The Bertz CT molecular complexity index is 1150. The van der Waals surface area contributed by atoms with Gasteiger partial charge in [0.15, 0.2) is 0 Å². The van der Waals surface area contributed by atoms with Crippen LogP contribution in [0.2, 0.25) is 0 Å². The standard InChI is InChI=1S/C21H19FN2O4S/c1-14-12-15(21(25)23-17-5-3-4-16(22)13-17)6-11-20(14)24-29(26,27)19-9-7-18(28-2)8-10-19/h3-13,24H,1-2H3,(H,23,25). The molecule has 0 aliphatic heterocycles. The van der Waals surface area contributed by atoms with Crippen LogP contribution in [0.4, 0.5) is 15.8 Å². The van der Waals surface area contributed by atoms with E-state index in [0.717, 1.165) is 0 Å². The molecule has 0 unspecified atom stereocenters. The average Bonchev–Trinajstić information content (AvgIpc) is 2.69. The van der Waals surface area contributed by atoms with E-state index in [4.69, 9.17) is 4.74 Å². The molecule has 0 radical (unpaired) electrons. The van der Waals surface area contributed by atoms with Crippen LogP contribution < -0.4 is 14.8 Å². The van der Waals surface area contributed by atoms with Crippen LogP contribution in [-0.4, -0.2) is 21.4 Å². The van der Waals surface area contributed by atoms with E-state index in [1.165, 1.54) is 49.6 Å². The van der Waals surface area contributed by atoms with E-state index in [-0.39, 0.29) is 4.90 Å². The number of ether oxygens (including phenoxy) is 1. The van der Waals surface area contributed by atoms with Crippen LogP contribution in [0.25, 0.3) is 0 Å². The van der Waals surface area contributed by atoms with Gasteiger partial charge in [0.2, 0.25) is 0 Å². The van der Waals surface area contributed by atoms with E-state index in [2.05, 4.69) is 10.0 Å². The molecule has 3 aromatic rings. The minimum absolute atomic E-state index is 0.0885. The highest BCUT2D eigenvalue weighted by Gasteiger charge is 2.16. The molecule has 6 nitrogen and oxygen atoms in total. The van der Waals surface area contributed by atoms with Crippen LogP contribution in [0.5, 0.6) is 5.75 Å². The summed E-state index contributed by atoms with van der Waals surface area (Å²) < 4.78 is 46.0. The zero-order valence-electron chi connectivity index (χ0n) is 15.8. The highest BCUT2D eigenvalue weighted by Crippen LogP contribution is 2.23. The Kier molecular flexibility index (Phi) is 5.84. The quantitative estimate of drug-likeness (QED) is 0.633. The maximum Gasteiger partial charge on any atom is 0.261 e. The molecular weight excluding hydrogens is 395 g/mol. The van der Waals surface area contributed by atoms with E-state index >= 15 is 0 Å². The molecule has 0 aromatic heterocycles. The number of hydrogen-bond donors (Lipinski definition) is 2. The number of rotatable bonds is 6. The van der Waals surface area contributed by atoms with E-state index in [9.17, 15) is 17.6 Å². The third kappa shape index (κ3) is 4.91. The van der Waals surface area contributed by atoms with E-state index in [0.29, 0.717) is 28.3 Å². The number of anilines is 2. The molecular formula is C21H19FN2O4S. The fourth-order valence-corrected chi connectivity index (χ4v) is 3.78. The van der Waals surface area contributed by atoms with E-state index in [1.807, 2.05) is 0 Å². The summed E-state index contributed by atoms with van der Waals surface area (Å²) in [6.07, 6.45) is 0. The van der Waals surface area contributed by atoms with Gasteiger partial charge in [-0.25, -0.2) is 12.8 Å². The van der Waals surface area contributed by atoms with Crippen LogP contribution in [0.3, 0.4) is 0 Å². The molecule has 0 heterocycles. The molecule has 8 heteroatoms. The highest BCUT2D eigenvalue weighted by molar-refractivity contribution is 7.92. The molecule has 1 amide bonds. The number of amides is 1. The number of sulfonamides is 1. The van der Waals surface area contributed by atoms with Gasteiger partial charge >= 0.3 is 0 Å². The lowest BCUT2D eigenvalue weighted by molar-refractivity contribution is 0.102. The Labute approximate surface area is 168 Å². The highest BCUT2D eigenvalue weighted by atomic mass is 32.2. The molecule has 0 aliphatic rings. The van der Waals surface area contributed by atoms with Crippen molar-refractivity contribution in [1.29, 1.82) is 0 Å². The largest absolute Gasteiger partial charge is 0.497 e. The second-order valence-corrected chi connectivity index (χ2v) is 7.96. The van der Waals surface area contributed by atoms with Crippen molar-refractivity contribution in [2.45, 2.75) is 11.8 Å². The SMILES string of the molecule is COc1ccc(S(=O)(=O)Nc2ccc(C(=O)Nc3cccc(F)c3)cc2C)cc1. The summed E-state index contributed by atoms with van der Waals surface area (Å²) in [6.45, 7) is 1.69. The molecule has 3 aromatic carbocycles. The Hall–Kier alpha value is -3.39. The van der Waals surface area contributed by atoms with Crippen molar-refractivity contribution in [2.75, 3.05) is 17.1 Å². The number of carbonyl (C=O) groups excluding carboxylic acids is 1. The van der Waals surface area contributed by atoms with Crippen LogP contribution in [0.15, 0.2) is 71.6 Å². The number of nitrogens with one attached hydrogen (secondary N) is 2. The van der Waals surface area contributed by atoms with Crippen LogP contribution >= 0.6 is 0 Å². The molecule has 29 heavy (non-hydrogen) atoms. The smallest absolute Gasteiger partial charge is 0.261 e. The first kappa shape index (κ1) is 20.3. The predicted molar refractivity (Wildman–Crippen MR) is 109 cm³/mol. The molecule has 0 saturated carbocycles. The molecule has 2 N–H and O–H groups in total. The molecule has 0 fully saturated rings. The van der Waals surface area contributed by atoms with Crippen LogP contribution in [0.1, 0.15) is 15.9 Å². The molecule has 0 atom stereocenters. The zero-order valence-corrected chi connectivity index (χ0v) is 16.6. The average molecular weight is 414 g/mol. The van der Waals surface area contributed by atoms with Gasteiger partial charge in [0.05, 0.1) is 17.7 Å². The predicted octanol–water partition coefficient (Wildman–Crippen LogP) is 4.20. The van der Waals surface area contributed by atoms with Crippen LogP contribution in [0, 0.1) is 12.7 Å². The number of halogens is 1. The number of carbonyl (C=O) groups is 1. The number of aryl methyl sites for hydroxylation is 1. The molecule has 0 spiro atoms. The number of hydrogen-bond acceptors (Lipinski definition) is 4. The first-order chi connectivity index (χ1) is 13.8. The maximum absolute atomic E-state index is 13.3. The normalized spacial score (nSPS) is 11.0. The van der Waals surface area contributed by atoms with Gasteiger partial charge in [0.1, 0.15) is 11.6 Å². The molecule has 3 rings (SSSR count). The lowest BCUT2D eigenvalue weighted by atomic mass is 10.1. The Morgan fingerprint density at radius 2 is 1.72 bits per heavy atom. The van der Waals surface area contributed by atoms with Crippen molar-refractivity contribution in [2.24, 2.45) is 0 Å². The van der Waals surface area contributed by atoms with Gasteiger partial charge in [0, 0.05) is 11.3 Å². The molecule has 0 saturated heterocycles. The van der Waals surface area contributed by atoms with Gasteiger partial charge in [-0.3, -0.25) is 9.52 Å². The van der Waals surface area contributed by atoms with Gasteiger partial charge < -0.3 is 10.1 Å². The van der Waals surface area contributed by atoms with Crippen molar-refractivity contribution in [1.82, 2.24) is 0 Å². The minimum Gasteiger partial charge on any atom is -0.497 e. The Morgan fingerprint density at radius 3 is 2.34 bits per heavy atom. The first-order valence-corrected chi connectivity index (χ1v) is 10.1. The lowest BCUT2D eigenvalue weighted by Crippen LogP contribution is -2.15. The summed E-state index contributed by atoms with van der Waals surface area (Å²) in [5.41, 5.74) is 1.56. The Balaban J connectivity index is 1.77. The summed E-state index contributed by atoms with van der Waals surface area (Å²) in [4.78, 5) is 12.5. The van der Waals surface area contributed by atoms with Gasteiger partial charge in [-0.1, -0.05) is 6.07 Å². The van der Waals surface area contributed by atoms with Gasteiger partial charge in [0.25, 0.3) is 15.9 Å². The number of methoxy groups -OCH3 is 1. The monoisotopic (exact) mass is 414 g/mol. The molecule has 150 valence electrons. The second-order valence-electron chi connectivity index (χ2n) is 6.28. The zero-order chi connectivity index (χ0) is 21.0. The third-order valence-corrected chi connectivity index (χ3v) is 5.57. The van der Waals surface area contributed by atoms with E-state index in [1.54, 1.807) is 31.2 Å². The molecule has 0 aliphatic carbocycles. The summed E-state index contributed by atoms with van der Waals surface area (Å²) in [7, 11) is -2.30. The third-order valence-electron chi connectivity index (χ3n) is 4.19. The Morgan fingerprint density at radius 1 is 1.00 bits per heavy atom. The fraction of sp³-hybridized carbons (Fsp3) is 0.0952. The first-order valence-electron chi connectivity index (χ1n) is 8.63. The van der Waals surface area contributed by atoms with Crippen LogP contribution in [-0.2, 0) is 10.0 Å². The van der Waals surface area contributed by atoms with Gasteiger partial charge in [-0.2, -0.15) is 0 Å². The summed E-state index contributed by atoms with van der Waals surface area (Å²) in [5.74, 6) is -0.334. The van der Waals surface area contributed by atoms with Crippen molar-refractivity contribution in [3.63, 3.8) is 0 Å². The fourth-order valence-electron chi connectivity index (χ4n) is 2.65. The van der Waals surface area contributed by atoms with Crippen molar-refractivity contribution in [3.8, 4) is 5.75 Å². The summed E-state index contributed by atoms with van der Waals surface area (Å²) in [6, 6.07) is 16.1. The van der Waals surface area contributed by atoms with Crippen molar-refractivity contribution >= 4 is 27.3 Å². The van der Waals surface area contributed by atoms with Crippen molar-refractivity contribution < 1.29 is 22.3 Å². The van der Waals surface area contributed by atoms with E-state index < -0.39 is 21.7 Å². The van der Waals surface area contributed by atoms with Crippen molar-refractivity contribution in [3.05, 3.63) is 83.7 Å². The maximum atomic E-state index is 13.3. The van der Waals surface area contributed by atoms with Gasteiger partial charge in [-0.15, -0.1) is 0 Å². The lowest BCUT2D eigenvalue weighted by Gasteiger charge is -2.12. The van der Waals surface area contributed by atoms with Gasteiger partial charge in [-0.05, 0) is 73.2 Å². The summed E-state index contributed by atoms with van der Waals surface area (Å²) >= 11 is 0. The number of benzene rings is 3. The topological polar surface area (TPSA) is 84.5 Å². The summed E-state index contributed by atoms with van der Waals surface area (Å²) in [5, 5.41) is 2.60. The second kappa shape index (κ2) is 8.32. The molecule has 0 bridgehead atoms.